The SMILES string of the molecule is CC(C)c1cc(C(C)C)c(S(=O)(=O)c2ccccc2)cc1S(=O)(=O)NCC1CCOCC1. The van der Waals surface area contributed by atoms with Gasteiger partial charge in [0.25, 0.3) is 0 Å². The summed E-state index contributed by atoms with van der Waals surface area (Å²) in [5.41, 5.74) is 1.25. The first-order valence-corrected chi connectivity index (χ1v) is 14.1. The number of hydrogen-bond donors (Lipinski definition) is 1. The van der Waals surface area contributed by atoms with E-state index in [4.69, 9.17) is 4.74 Å². The highest BCUT2D eigenvalue weighted by molar-refractivity contribution is 7.91. The molecule has 1 N–H and O–H groups in total. The molecule has 1 fully saturated rings. The molecule has 32 heavy (non-hydrogen) atoms. The van der Waals surface area contributed by atoms with Crippen molar-refractivity contribution in [1.29, 1.82) is 0 Å². The monoisotopic (exact) mass is 479 g/mol. The molecule has 0 unspecified atom stereocenters. The summed E-state index contributed by atoms with van der Waals surface area (Å²) in [5.74, 6) is 0.0343. The van der Waals surface area contributed by atoms with E-state index in [1.54, 1.807) is 24.3 Å². The van der Waals surface area contributed by atoms with Crippen molar-refractivity contribution in [2.24, 2.45) is 5.92 Å². The first-order valence-electron chi connectivity index (χ1n) is 11.1. The Balaban J connectivity index is 2.12. The molecule has 0 radical (unpaired) electrons. The van der Waals surface area contributed by atoms with Gasteiger partial charge in [0.05, 0.1) is 14.7 Å². The van der Waals surface area contributed by atoms with Gasteiger partial charge >= 0.3 is 0 Å². The zero-order valence-corrected chi connectivity index (χ0v) is 20.8. The standard InChI is InChI=1S/C24H33NO5S2/c1-17(2)21-14-22(18(3)4)24(32(28,29)25-16-19-10-12-30-13-11-19)15-23(21)31(26,27)20-8-6-5-7-9-20/h5-9,14-15,17-19,25H,10-13,16H2,1-4H3. The Kier molecular flexibility index (Phi) is 7.81. The maximum Gasteiger partial charge on any atom is 0.240 e. The molecule has 3 rings (SSSR count). The van der Waals surface area contributed by atoms with Crippen molar-refractivity contribution in [2.45, 2.75) is 67.1 Å². The average Bonchev–Trinajstić information content (AvgIpc) is 2.78. The Bertz CT molecular complexity index is 1130. The predicted octanol–water partition coefficient (Wildman–Crippen LogP) is 4.47. The van der Waals surface area contributed by atoms with Crippen molar-refractivity contribution in [3.63, 3.8) is 0 Å². The second-order valence-corrected chi connectivity index (χ2v) is 12.6. The van der Waals surface area contributed by atoms with Crippen molar-refractivity contribution in [3.8, 4) is 0 Å². The minimum atomic E-state index is -3.90. The molecule has 0 spiro atoms. The van der Waals surface area contributed by atoms with Crippen molar-refractivity contribution in [3.05, 3.63) is 53.6 Å². The molecule has 6 nitrogen and oxygen atoms in total. The lowest BCUT2D eigenvalue weighted by Gasteiger charge is -2.24. The number of ether oxygens (including phenoxy) is 1. The summed E-state index contributed by atoms with van der Waals surface area (Å²) in [5, 5.41) is 0. The van der Waals surface area contributed by atoms with Gasteiger partial charge in [-0.1, -0.05) is 52.0 Å². The van der Waals surface area contributed by atoms with Crippen LogP contribution in [0, 0.1) is 5.92 Å². The van der Waals surface area contributed by atoms with E-state index in [9.17, 15) is 16.8 Å². The zero-order valence-electron chi connectivity index (χ0n) is 19.2. The second-order valence-electron chi connectivity index (χ2n) is 8.96. The summed E-state index contributed by atoms with van der Waals surface area (Å²) in [7, 11) is -7.78. The molecule has 1 heterocycles. The van der Waals surface area contributed by atoms with Crippen molar-refractivity contribution in [2.75, 3.05) is 19.8 Å². The molecule has 1 saturated heterocycles. The van der Waals surface area contributed by atoms with E-state index in [1.165, 1.54) is 18.2 Å². The van der Waals surface area contributed by atoms with Gasteiger partial charge in [0.1, 0.15) is 0 Å². The molecule has 0 bridgehead atoms. The predicted molar refractivity (Wildman–Crippen MR) is 125 cm³/mol. The third-order valence-corrected chi connectivity index (χ3v) is 9.23. The fourth-order valence-corrected chi connectivity index (χ4v) is 7.16. The van der Waals surface area contributed by atoms with Crippen molar-refractivity contribution >= 4 is 19.9 Å². The topological polar surface area (TPSA) is 89.5 Å². The van der Waals surface area contributed by atoms with Gasteiger partial charge in [0.2, 0.25) is 19.9 Å². The van der Waals surface area contributed by atoms with Crippen molar-refractivity contribution in [1.82, 2.24) is 4.72 Å². The summed E-state index contributed by atoms with van der Waals surface area (Å²) >= 11 is 0. The molecule has 176 valence electrons. The number of hydrogen-bond acceptors (Lipinski definition) is 5. The van der Waals surface area contributed by atoms with E-state index in [1.807, 2.05) is 27.7 Å². The molecule has 1 aliphatic rings. The van der Waals surface area contributed by atoms with Crippen LogP contribution in [0.5, 0.6) is 0 Å². The average molecular weight is 480 g/mol. The summed E-state index contributed by atoms with van der Waals surface area (Å²) in [6.45, 7) is 9.25. The fraction of sp³-hybridized carbons (Fsp3) is 0.500. The molecule has 0 atom stereocenters. The molecular formula is C24H33NO5S2. The van der Waals surface area contributed by atoms with Crippen LogP contribution >= 0.6 is 0 Å². The van der Waals surface area contributed by atoms with Gasteiger partial charge in [-0.2, -0.15) is 0 Å². The highest BCUT2D eigenvalue weighted by atomic mass is 32.2. The smallest absolute Gasteiger partial charge is 0.240 e. The summed E-state index contributed by atoms with van der Waals surface area (Å²) in [6.07, 6.45) is 1.61. The summed E-state index contributed by atoms with van der Waals surface area (Å²) in [4.78, 5) is 0.241. The van der Waals surface area contributed by atoms with Crippen LogP contribution in [0.3, 0.4) is 0 Å². The summed E-state index contributed by atoms with van der Waals surface area (Å²) in [6, 6.07) is 11.3. The minimum absolute atomic E-state index is 0.0402. The van der Waals surface area contributed by atoms with Gasteiger partial charge < -0.3 is 4.74 Å². The quantitative estimate of drug-likeness (QED) is 0.603. The maximum atomic E-state index is 13.5. The number of rotatable bonds is 8. The Morgan fingerprint density at radius 2 is 1.44 bits per heavy atom. The van der Waals surface area contributed by atoms with Crippen LogP contribution in [0.25, 0.3) is 0 Å². The van der Waals surface area contributed by atoms with Gasteiger partial charge in [0.15, 0.2) is 0 Å². The van der Waals surface area contributed by atoms with Crippen LogP contribution in [0.15, 0.2) is 57.2 Å². The van der Waals surface area contributed by atoms with E-state index >= 15 is 0 Å². The van der Waals surface area contributed by atoms with E-state index in [2.05, 4.69) is 4.72 Å². The van der Waals surface area contributed by atoms with Crippen LogP contribution in [0.2, 0.25) is 0 Å². The highest BCUT2D eigenvalue weighted by Crippen LogP contribution is 2.35. The number of nitrogens with one attached hydrogen (secondary N) is 1. The Labute approximate surface area is 192 Å². The third kappa shape index (κ3) is 5.42. The van der Waals surface area contributed by atoms with Crippen LogP contribution in [-0.4, -0.2) is 36.6 Å². The minimum Gasteiger partial charge on any atom is -0.381 e. The Morgan fingerprint density at radius 1 is 0.875 bits per heavy atom. The van der Waals surface area contributed by atoms with E-state index in [-0.39, 0.29) is 32.4 Å². The lowest BCUT2D eigenvalue weighted by molar-refractivity contribution is 0.0678. The van der Waals surface area contributed by atoms with Gasteiger partial charge in [-0.25, -0.2) is 21.6 Å². The molecule has 1 aliphatic heterocycles. The normalized spacial score (nSPS) is 16.1. The van der Waals surface area contributed by atoms with Gasteiger partial charge in [-0.3, -0.25) is 0 Å². The Hall–Kier alpha value is -1.74. The third-order valence-electron chi connectivity index (χ3n) is 5.92. The maximum absolute atomic E-state index is 13.5. The van der Waals surface area contributed by atoms with Gasteiger partial charge in [-0.05, 0) is 59.9 Å². The molecular weight excluding hydrogens is 446 g/mol. The first-order chi connectivity index (χ1) is 15.0. The largest absolute Gasteiger partial charge is 0.381 e. The van der Waals surface area contributed by atoms with Crippen LogP contribution in [0.1, 0.15) is 63.5 Å². The summed E-state index contributed by atoms with van der Waals surface area (Å²) < 4.78 is 61.8. The number of sulfonamides is 1. The van der Waals surface area contributed by atoms with Crippen molar-refractivity contribution < 1.29 is 21.6 Å². The second kappa shape index (κ2) is 10.0. The van der Waals surface area contributed by atoms with Crippen LogP contribution in [-0.2, 0) is 24.6 Å². The number of sulfone groups is 1. The van der Waals surface area contributed by atoms with Crippen LogP contribution < -0.4 is 4.72 Å². The van der Waals surface area contributed by atoms with Gasteiger partial charge in [0, 0.05) is 19.8 Å². The molecule has 8 heteroatoms. The highest BCUT2D eigenvalue weighted by Gasteiger charge is 2.29. The molecule has 0 saturated carbocycles. The first kappa shape index (κ1) is 24.9. The molecule has 0 aliphatic carbocycles. The fourth-order valence-electron chi connectivity index (χ4n) is 3.95. The number of benzene rings is 2. The Morgan fingerprint density at radius 3 is 2.00 bits per heavy atom. The van der Waals surface area contributed by atoms with E-state index < -0.39 is 19.9 Å². The van der Waals surface area contributed by atoms with E-state index in [0.29, 0.717) is 30.9 Å². The molecule has 2 aromatic rings. The van der Waals surface area contributed by atoms with E-state index in [0.717, 1.165) is 12.8 Å². The lowest BCUT2D eigenvalue weighted by Crippen LogP contribution is -2.33. The molecule has 0 amide bonds. The zero-order chi connectivity index (χ0) is 23.5. The molecule has 2 aromatic carbocycles. The van der Waals surface area contributed by atoms with Crippen LogP contribution in [0.4, 0.5) is 0 Å². The molecule has 0 aromatic heterocycles. The lowest BCUT2D eigenvalue weighted by atomic mass is 9.95. The van der Waals surface area contributed by atoms with Gasteiger partial charge in [-0.15, -0.1) is 0 Å².